The predicted molar refractivity (Wildman–Crippen MR) is 80.9 cm³/mol. The van der Waals surface area contributed by atoms with Crippen LogP contribution in [0.4, 0.5) is 11.4 Å². The summed E-state index contributed by atoms with van der Waals surface area (Å²) in [4.78, 5) is 13.7. The molecule has 1 aromatic heterocycles. The lowest BCUT2D eigenvalue weighted by Crippen LogP contribution is -2.13. The molecule has 7 nitrogen and oxygen atoms in total. The van der Waals surface area contributed by atoms with Gasteiger partial charge in [0.2, 0.25) is 0 Å². The number of nitrogens with one attached hydrogen (secondary N) is 1. The number of anilines is 1. The zero-order valence-electron chi connectivity index (χ0n) is 10.2. The molecule has 0 unspecified atom stereocenters. The van der Waals surface area contributed by atoms with Crippen molar-refractivity contribution in [2.24, 2.45) is 0 Å². The van der Waals surface area contributed by atoms with E-state index in [-0.39, 0.29) is 21.3 Å². The van der Waals surface area contributed by atoms with Crippen LogP contribution in [0.3, 0.4) is 0 Å². The number of halogens is 2. The summed E-state index contributed by atoms with van der Waals surface area (Å²) >= 11 is 8.85. The Morgan fingerprint density at radius 2 is 2.00 bits per heavy atom. The summed E-state index contributed by atoms with van der Waals surface area (Å²) in [6, 6.07) is 4.93. The molecule has 1 heterocycles. The van der Waals surface area contributed by atoms with Gasteiger partial charge in [0, 0.05) is 22.9 Å². The Bertz CT molecular complexity index is 813. The van der Waals surface area contributed by atoms with E-state index in [0.717, 1.165) is 6.07 Å². The Morgan fingerprint density at radius 1 is 1.29 bits per heavy atom. The first-order chi connectivity index (χ1) is 9.79. The molecule has 0 spiro atoms. The first kappa shape index (κ1) is 15.7. The average Bonchev–Trinajstić information content (AvgIpc) is 2.37. The molecule has 1 aromatic carbocycles. The van der Waals surface area contributed by atoms with Crippen molar-refractivity contribution < 1.29 is 13.3 Å². The second-order valence-corrected chi connectivity index (χ2v) is 6.87. The van der Waals surface area contributed by atoms with E-state index in [1.54, 1.807) is 0 Å². The average molecular weight is 393 g/mol. The molecule has 2 rings (SSSR count). The molecule has 0 radical (unpaired) electrons. The van der Waals surface area contributed by atoms with Gasteiger partial charge < -0.3 is 0 Å². The summed E-state index contributed by atoms with van der Waals surface area (Å²) < 4.78 is 27.0. The zero-order valence-corrected chi connectivity index (χ0v) is 13.3. The van der Waals surface area contributed by atoms with Crippen molar-refractivity contribution in [3.8, 4) is 0 Å². The lowest BCUT2D eigenvalue weighted by Gasteiger charge is -2.08. The van der Waals surface area contributed by atoms with Crippen LogP contribution in [0, 0.1) is 10.1 Å². The largest absolute Gasteiger partial charge is 0.288 e. The molecule has 0 aliphatic heterocycles. The highest BCUT2D eigenvalue weighted by Crippen LogP contribution is 2.28. The zero-order chi connectivity index (χ0) is 15.6. The third-order valence-electron chi connectivity index (χ3n) is 2.39. The lowest BCUT2D eigenvalue weighted by atomic mass is 10.3. The molecule has 0 saturated carbocycles. The van der Waals surface area contributed by atoms with Crippen LogP contribution in [0.25, 0.3) is 0 Å². The smallest absolute Gasteiger partial charge is 0.280 e. The summed E-state index contributed by atoms with van der Waals surface area (Å²) in [6.45, 7) is 0. The molecular weight excluding hydrogens is 386 g/mol. The second-order valence-electron chi connectivity index (χ2n) is 3.87. The number of hydrogen-bond donors (Lipinski definition) is 1. The number of sulfonamides is 1. The van der Waals surface area contributed by atoms with Crippen LogP contribution in [0.15, 0.2) is 46.0 Å². The predicted octanol–water partition coefficient (Wildman–Crippen LogP) is 3.21. The normalized spacial score (nSPS) is 11.1. The van der Waals surface area contributed by atoms with E-state index in [4.69, 9.17) is 11.6 Å². The Kier molecular flexibility index (Phi) is 4.45. The van der Waals surface area contributed by atoms with Crippen molar-refractivity contribution >= 4 is 48.9 Å². The van der Waals surface area contributed by atoms with Crippen molar-refractivity contribution in [1.29, 1.82) is 0 Å². The summed E-state index contributed by atoms with van der Waals surface area (Å²) in [5.41, 5.74) is -0.186. The van der Waals surface area contributed by atoms with E-state index in [2.05, 4.69) is 25.6 Å². The van der Waals surface area contributed by atoms with Gasteiger partial charge >= 0.3 is 0 Å². The molecule has 10 heteroatoms. The monoisotopic (exact) mass is 391 g/mol. The third-order valence-corrected chi connectivity index (χ3v) is 4.47. The third kappa shape index (κ3) is 3.69. The highest BCUT2D eigenvalue weighted by Gasteiger charge is 2.18. The van der Waals surface area contributed by atoms with E-state index in [0.29, 0.717) is 4.47 Å². The maximum Gasteiger partial charge on any atom is 0.288 e. The van der Waals surface area contributed by atoms with Gasteiger partial charge in [-0.15, -0.1) is 0 Å². The first-order valence-corrected chi connectivity index (χ1v) is 8.02. The van der Waals surface area contributed by atoms with Gasteiger partial charge in [0.25, 0.3) is 15.7 Å². The quantitative estimate of drug-likeness (QED) is 0.636. The Hall–Kier alpha value is -1.71. The molecular formula is C11H7BrClN3O4S. The summed E-state index contributed by atoms with van der Waals surface area (Å²) in [5, 5.41) is 10.5. The van der Waals surface area contributed by atoms with Crippen molar-refractivity contribution in [3.63, 3.8) is 0 Å². The molecule has 0 aliphatic carbocycles. The summed E-state index contributed by atoms with van der Waals surface area (Å²) in [6.07, 6.45) is 2.63. The minimum atomic E-state index is -3.86. The van der Waals surface area contributed by atoms with Gasteiger partial charge in [0.15, 0.2) is 0 Å². The van der Waals surface area contributed by atoms with Crippen LogP contribution in [0.5, 0.6) is 0 Å². The number of rotatable bonds is 4. The highest BCUT2D eigenvalue weighted by molar-refractivity contribution is 9.10. The number of pyridine rings is 1. The molecule has 110 valence electrons. The van der Waals surface area contributed by atoms with Crippen LogP contribution < -0.4 is 4.72 Å². The molecule has 0 bridgehead atoms. The molecule has 0 saturated heterocycles. The molecule has 0 aliphatic rings. The van der Waals surface area contributed by atoms with Crippen LogP contribution in [-0.4, -0.2) is 18.3 Å². The number of hydrogen-bond acceptors (Lipinski definition) is 5. The van der Waals surface area contributed by atoms with Gasteiger partial charge in [-0.3, -0.25) is 19.8 Å². The van der Waals surface area contributed by atoms with E-state index in [1.165, 1.54) is 30.6 Å². The molecule has 2 aromatic rings. The van der Waals surface area contributed by atoms with Crippen molar-refractivity contribution in [2.45, 2.75) is 4.90 Å². The van der Waals surface area contributed by atoms with Gasteiger partial charge in [-0.25, -0.2) is 8.42 Å². The van der Waals surface area contributed by atoms with Gasteiger partial charge in [0.1, 0.15) is 9.92 Å². The standard InChI is InChI=1S/C11H7BrClN3O4S/c12-7-3-9(6-14-5-7)21(19,20)15-8-1-2-11(16(17)18)10(13)4-8/h1-6,15H. The summed E-state index contributed by atoms with van der Waals surface area (Å²) in [7, 11) is -3.86. The number of nitro benzene ring substituents is 1. The molecule has 21 heavy (non-hydrogen) atoms. The van der Waals surface area contributed by atoms with Crippen LogP contribution in [-0.2, 0) is 10.0 Å². The van der Waals surface area contributed by atoms with Crippen LogP contribution in [0.1, 0.15) is 0 Å². The second kappa shape index (κ2) is 5.96. The Labute approximate surface area is 133 Å². The molecule has 0 fully saturated rings. The topological polar surface area (TPSA) is 102 Å². The van der Waals surface area contributed by atoms with Crippen LogP contribution >= 0.6 is 27.5 Å². The van der Waals surface area contributed by atoms with Crippen LogP contribution in [0.2, 0.25) is 5.02 Å². The van der Waals surface area contributed by atoms with E-state index in [1.807, 2.05) is 0 Å². The van der Waals surface area contributed by atoms with E-state index >= 15 is 0 Å². The fraction of sp³-hybridized carbons (Fsp3) is 0. The Morgan fingerprint density at radius 3 is 2.57 bits per heavy atom. The first-order valence-electron chi connectivity index (χ1n) is 5.37. The summed E-state index contributed by atoms with van der Waals surface area (Å²) in [5.74, 6) is 0. The molecule has 0 atom stereocenters. The van der Waals surface area contributed by atoms with E-state index in [9.17, 15) is 18.5 Å². The number of benzene rings is 1. The van der Waals surface area contributed by atoms with Gasteiger partial charge in [-0.2, -0.15) is 0 Å². The molecule has 1 N–H and O–H groups in total. The number of nitrogens with zero attached hydrogens (tertiary/aromatic N) is 2. The maximum absolute atomic E-state index is 12.1. The van der Waals surface area contributed by atoms with Crippen molar-refractivity contribution in [1.82, 2.24) is 4.98 Å². The minimum Gasteiger partial charge on any atom is -0.280 e. The van der Waals surface area contributed by atoms with E-state index < -0.39 is 14.9 Å². The van der Waals surface area contributed by atoms with Gasteiger partial charge in [-0.1, -0.05) is 11.6 Å². The highest BCUT2D eigenvalue weighted by atomic mass is 79.9. The van der Waals surface area contributed by atoms with Gasteiger partial charge in [-0.05, 0) is 34.1 Å². The minimum absolute atomic E-state index is 0.0497. The molecule has 0 amide bonds. The van der Waals surface area contributed by atoms with Crippen molar-refractivity contribution in [3.05, 3.63) is 56.3 Å². The fourth-order valence-corrected chi connectivity index (χ4v) is 3.27. The van der Waals surface area contributed by atoms with Crippen molar-refractivity contribution in [2.75, 3.05) is 4.72 Å². The number of aromatic nitrogens is 1. The SMILES string of the molecule is O=[N+]([O-])c1ccc(NS(=O)(=O)c2cncc(Br)c2)cc1Cl. The maximum atomic E-state index is 12.1. The van der Waals surface area contributed by atoms with Gasteiger partial charge in [0.05, 0.1) is 10.6 Å². The number of nitro groups is 1. The fourth-order valence-electron chi connectivity index (χ4n) is 1.47. The lowest BCUT2D eigenvalue weighted by molar-refractivity contribution is -0.384. The Balaban J connectivity index is 2.33.